The zero-order chi connectivity index (χ0) is 23.8. The summed E-state index contributed by atoms with van der Waals surface area (Å²) in [4.78, 5) is 33.1. The topological polar surface area (TPSA) is 93.2 Å². The quantitative estimate of drug-likeness (QED) is 0.575. The number of nitrogens with one attached hydrogen (secondary N) is 1. The van der Waals surface area contributed by atoms with Crippen LogP contribution < -0.4 is 19.7 Å². The summed E-state index contributed by atoms with van der Waals surface area (Å²) < 4.78 is 15.7. The highest BCUT2D eigenvalue weighted by Gasteiger charge is 2.22. The molecule has 1 N–H and O–H groups in total. The van der Waals surface area contributed by atoms with Gasteiger partial charge in [-0.1, -0.05) is 0 Å². The molecule has 33 heavy (non-hydrogen) atoms. The Kier molecular flexibility index (Phi) is 8.48. The third kappa shape index (κ3) is 6.35. The van der Waals surface area contributed by atoms with Gasteiger partial charge in [0.2, 0.25) is 5.91 Å². The summed E-state index contributed by atoms with van der Waals surface area (Å²) in [5.74, 6) is 1.82. The van der Waals surface area contributed by atoms with Crippen LogP contribution in [0.15, 0.2) is 36.5 Å². The molecule has 0 aliphatic carbocycles. The van der Waals surface area contributed by atoms with Crippen LogP contribution in [-0.2, 0) is 9.53 Å². The van der Waals surface area contributed by atoms with Crippen molar-refractivity contribution < 1.29 is 23.8 Å². The molecule has 1 saturated heterocycles. The number of pyridine rings is 1. The lowest BCUT2D eigenvalue weighted by molar-refractivity contribution is -0.123. The first kappa shape index (κ1) is 24.3. The fourth-order valence-corrected chi connectivity index (χ4v) is 3.79. The van der Waals surface area contributed by atoms with Crippen molar-refractivity contribution >= 4 is 17.7 Å². The SMILES string of the molecule is CCOC(=O)c1ccc(N2CCN(CC(=O)NC(C)c3cc(OC)ccc3OC)CC2)nc1. The number of ether oxygens (including phenoxy) is 3. The molecule has 1 fully saturated rings. The molecule has 1 aliphatic heterocycles. The number of carbonyl (C=O) groups excluding carboxylic acids is 2. The third-order valence-corrected chi connectivity index (χ3v) is 5.60. The molecular formula is C24H32N4O5. The van der Waals surface area contributed by atoms with E-state index in [9.17, 15) is 9.59 Å². The Morgan fingerprint density at radius 1 is 1.09 bits per heavy atom. The van der Waals surface area contributed by atoms with E-state index in [0.29, 0.717) is 30.2 Å². The number of carbonyl (C=O) groups is 2. The highest BCUT2D eigenvalue weighted by Crippen LogP contribution is 2.29. The number of rotatable bonds is 9. The van der Waals surface area contributed by atoms with Crippen LogP contribution in [0.5, 0.6) is 11.5 Å². The first-order valence-corrected chi connectivity index (χ1v) is 11.1. The van der Waals surface area contributed by atoms with Gasteiger partial charge in [0, 0.05) is 37.9 Å². The van der Waals surface area contributed by atoms with E-state index in [4.69, 9.17) is 14.2 Å². The van der Waals surface area contributed by atoms with E-state index >= 15 is 0 Å². The summed E-state index contributed by atoms with van der Waals surface area (Å²) in [5, 5.41) is 3.05. The molecule has 3 rings (SSSR count). The van der Waals surface area contributed by atoms with Crippen molar-refractivity contribution in [3.05, 3.63) is 47.7 Å². The molecule has 1 unspecified atom stereocenters. The van der Waals surface area contributed by atoms with Crippen molar-refractivity contribution in [3.63, 3.8) is 0 Å². The molecule has 2 aromatic rings. The second-order valence-electron chi connectivity index (χ2n) is 7.79. The Morgan fingerprint density at radius 2 is 1.85 bits per heavy atom. The Hall–Kier alpha value is -3.33. The Labute approximate surface area is 194 Å². The Bertz CT molecular complexity index is 942. The monoisotopic (exact) mass is 456 g/mol. The number of hydrogen-bond acceptors (Lipinski definition) is 8. The van der Waals surface area contributed by atoms with Gasteiger partial charge in [0.1, 0.15) is 17.3 Å². The van der Waals surface area contributed by atoms with Gasteiger partial charge in [-0.2, -0.15) is 0 Å². The minimum atomic E-state index is -0.367. The summed E-state index contributed by atoms with van der Waals surface area (Å²) in [6.45, 7) is 7.34. The molecule has 1 aromatic carbocycles. The highest BCUT2D eigenvalue weighted by atomic mass is 16.5. The summed E-state index contributed by atoms with van der Waals surface area (Å²) in [7, 11) is 3.22. The third-order valence-electron chi connectivity index (χ3n) is 5.60. The average Bonchev–Trinajstić information content (AvgIpc) is 2.84. The van der Waals surface area contributed by atoms with Crippen LogP contribution in [0.1, 0.15) is 35.8 Å². The summed E-state index contributed by atoms with van der Waals surface area (Å²) >= 11 is 0. The van der Waals surface area contributed by atoms with Crippen LogP contribution >= 0.6 is 0 Å². The number of nitrogens with zero attached hydrogens (tertiary/aromatic N) is 3. The van der Waals surface area contributed by atoms with Crippen LogP contribution in [0.25, 0.3) is 0 Å². The van der Waals surface area contributed by atoms with E-state index in [1.165, 1.54) is 0 Å². The molecule has 1 amide bonds. The number of amides is 1. The van der Waals surface area contributed by atoms with Crippen molar-refractivity contribution in [1.29, 1.82) is 0 Å². The number of hydrogen-bond donors (Lipinski definition) is 1. The molecule has 1 atom stereocenters. The Morgan fingerprint density at radius 3 is 2.45 bits per heavy atom. The smallest absolute Gasteiger partial charge is 0.339 e. The van der Waals surface area contributed by atoms with E-state index in [-0.39, 0.29) is 17.9 Å². The van der Waals surface area contributed by atoms with Crippen molar-refractivity contribution in [1.82, 2.24) is 15.2 Å². The van der Waals surface area contributed by atoms with E-state index in [0.717, 1.165) is 37.6 Å². The molecule has 1 aromatic heterocycles. The van der Waals surface area contributed by atoms with Crippen LogP contribution in [0, 0.1) is 0 Å². The molecule has 9 heteroatoms. The molecule has 0 saturated carbocycles. The lowest BCUT2D eigenvalue weighted by Crippen LogP contribution is -2.50. The normalized spacial score (nSPS) is 15.0. The fraction of sp³-hybridized carbons (Fsp3) is 0.458. The molecule has 178 valence electrons. The fourth-order valence-electron chi connectivity index (χ4n) is 3.79. The van der Waals surface area contributed by atoms with Gasteiger partial charge in [0.25, 0.3) is 0 Å². The number of methoxy groups -OCH3 is 2. The van der Waals surface area contributed by atoms with Crippen molar-refractivity contribution in [2.45, 2.75) is 19.9 Å². The van der Waals surface area contributed by atoms with Gasteiger partial charge in [0.15, 0.2) is 0 Å². The van der Waals surface area contributed by atoms with E-state index in [1.54, 1.807) is 33.4 Å². The number of aromatic nitrogens is 1. The molecule has 2 heterocycles. The van der Waals surface area contributed by atoms with Gasteiger partial charge >= 0.3 is 5.97 Å². The standard InChI is InChI=1S/C24H32N4O5/c1-5-33-24(30)18-6-9-22(25-15-18)28-12-10-27(11-13-28)16-23(29)26-17(2)20-14-19(31-3)7-8-21(20)32-4/h6-9,14-15,17H,5,10-13,16H2,1-4H3,(H,26,29). The molecule has 1 aliphatic rings. The van der Waals surface area contributed by atoms with Crippen LogP contribution in [0.3, 0.4) is 0 Å². The predicted octanol–water partition coefficient (Wildman–Crippen LogP) is 2.27. The maximum absolute atomic E-state index is 12.7. The van der Waals surface area contributed by atoms with Crippen molar-refractivity contribution in [3.8, 4) is 11.5 Å². The number of esters is 1. The van der Waals surface area contributed by atoms with Gasteiger partial charge in [-0.3, -0.25) is 9.69 Å². The minimum Gasteiger partial charge on any atom is -0.497 e. The molecule has 0 radical (unpaired) electrons. The lowest BCUT2D eigenvalue weighted by Gasteiger charge is -2.35. The van der Waals surface area contributed by atoms with Crippen molar-refractivity contribution in [2.75, 3.05) is 58.5 Å². The summed E-state index contributed by atoms with van der Waals surface area (Å²) in [6, 6.07) is 8.89. The van der Waals surface area contributed by atoms with Crippen LogP contribution in [-0.4, -0.2) is 75.3 Å². The maximum atomic E-state index is 12.7. The number of piperazine rings is 1. The average molecular weight is 457 g/mol. The predicted molar refractivity (Wildman–Crippen MR) is 125 cm³/mol. The van der Waals surface area contributed by atoms with Crippen LogP contribution in [0.4, 0.5) is 5.82 Å². The van der Waals surface area contributed by atoms with Crippen molar-refractivity contribution in [2.24, 2.45) is 0 Å². The second-order valence-corrected chi connectivity index (χ2v) is 7.79. The minimum absolute atomic E-state index is 0.0438. The van der Waals surface area contributed by atoms with E-state index < -0.39 is 0 Å². The van der Waals surface area contributed by atoms with Gasteiger partial charge in [-0.15, -0.1) is 0 Å². The first-order valence-electron chi connectivity index (χ1n) is 11.1. The zero-order valence-electron chi connectivity index (χ0n) is 19.7. The van der Waals surface area contributed by atoms with Crippen LogP contribution in [0.2, 0.25) is 0 Å². The highest BCUT2D eigenvalue weighted by molar-refractivity contribution is 5.89. The molecule has 0 bridgehead atoms. The molecular weight excluding hydrogens is 424 g/mol. The molecule has 9 nitrogen and oxygen atoms in total. The first-order chi connectivity index (χ1) is 15.9. The maximum Gasteiger partial charge on any atom is 0.339 e. The van der Waals surface area contributed by atoms with E-state index in [2.05, 4.69) is 20.1 Å². The summed E-state index contributed by atoms with van der Waals surface area (Å²) in [5.41, 5.74) is 1.31. The van der Waals surface area contributed by atoms with Gasteiger partial charge in [-0.05, 0) is 44.2 Å². The Balaban J connectivity index is 1.50. The summed E-state index contributed by atoms with van der Waals surface area (Å²) in [6.07, 6.45) is 1.54. The largest absolute Gasteiger partial charge is 0.497 e. The number of anilines is 1. The van der Waals surface area contributed by atoms with Gasteiger partial charge in [0.05, 0.1) is 39.0 Å². The zero-order valence-corrected chi connectivity index (χ0v) is 19.7. The molecule has 0 spiro atoms. The van der Waals surface area contributed by atoms with E-state index in [1.807, 2.05) is 31.2 Å². The number of benzene rings is 1. The lowest BCUT2D eigenvalue weighted by atomic mass is 10.1. The second kappa shape index (κ2) is 11.5. The van der Waals surface area contributed by atoms with Gasteiger partial charge < -0.3 is 24.4 Å². The van der Waals surface area contributed by atoms with Gasteiger partial charge in [-0.25, -0.2) is 9.78 Å².